The Morgan fingerprint density at radius 2 is 1.57 bits per heavy atom. The minimum Gasteiger partial charge on any atom is -0.322 e. The quantitative estimate of drug-likeness (QED) is 0.683. The lowest BCUT2D eigenvalue weighted by molar-refractivity contribution is 0.102. The van der Waals surface area contributed by atoms with Crippen molar-refractivity contribution in [3.63, 3.8) is 0 Å². The van der Waals surface area contributed by atoms with Gasteiger partial charge in [0.2, 0.25) is 10.0 Å². The number of sulfonamides is 1. The first-order valence-electron chi connectivity index (χ1n) is 10.1. The van der Waals surface area contributed by atoms with Crippen LogP contribution in [0.2, 0.25) is 0 Å². The van der Waals surface area contributed by atoms with Crippen LogP contribution in [0.25, 0.3) is 10.8 Å². The molecule has 0 saturated carbocycles. The third-order valence-corrected chi connectivity index (χ3v) is 7.48. The Bertz CT molecular complexity index is 1150. The molecule has 1 amide bonds. The van der Waals surface area contributed by atoms with E-state index >= 15 is 0 Å². The summed E-state index contributed by atoms with van der Waals surface area (Å²) < 4.78 is 27.3. The van der Waals surface area contributed by atoms with E-state index in [1.165, 1.54) is 4.31 Å². The molecule has 30 heavy (non-hydrogen) atoms. The molecule has 1 fully saturated rings. The standard InChI is InChI=1S/C23H25N3O3S/c1-2-25-14-16-26(17-15-25)30(28,29)20-12-10-19(11-13-20)24-23(27)22-9-5-7-18-6-3-4-8-21(18)22/h3-13H,2,14-17H2,1H3,(H,24,27). The largest absolute Gasteiger partial charge is 0.322 e. The van der Waals surface area contributed by atoms with E-state index in [-0.39, 0.29) is 10.8 Å². The van der Waals surface area contributed by atoms with Crippen molar-refractivity contribution in [1.82, 2.24) is 9.21 Å². The number of carbonyl (C=O) groups is 1. The van der Waals surface area contributed by atoms with Crippen molar-refractivity contribution in [3.8, 4) is 0 Å². The molecule has 1 saturated heterocycles. The second-order valence-electron chi connectivity index (χ2n) is 7.34. The highest BCUT2D eigenvalue weighted by molar-refractivity contribution is 7.89. The first-order chi connectivity index (χ1) is 14.5. The Balaban J connectivity index is 1.49. The van der Waals surface area contributed by atoms with Crippen molar-refractivity contribution in [2.45, 2.75) is 11.8 Å². The average Bonchev–Trinajstić information content (AvgIpc) is 2.79. The molecular weight excluding hydrogens is 398 g/mol. The van der Waals surface area contributed by atoms with Crippen LogP contribution >= 0.6 is 0 Å². The number of amides is 1. The van der Waals surface area contributed by atoms with Crippen molar-refractivity contribution in [2.24, 2.45) is 0 Å². The SMILES string of the molecule is CCN1CCN(S(=O)(=O)c2ccc(NC(=O)c3cccc4ccccc34)cc2)CC1. The molecule has 3 aromatic rings. The van der Waals surface area contributed by atoms with Gasteiger partial charge < -0.3 is 10.2 Å². The van der Waals surface area contributed by atoms with Crippen LogP contribution in [0, 0.1) is 0 Å². The molecule has 1 heterocycles. The van der Waals surface area contributed by atoms with E-state index in [0.29, 0.717) is 24.3 Å². The summed E-state index contributed by atoms with van der Waals surface area (Å²) in [5, 5.41) is 4.74. The zero-order chi connectivity index (χ0) is 21.1. The number of hydrogen-bond acceptors (Lipinski definition) is 4. The fourth-order valence-electron chi connectivity index (χ4n) is 3.77. The molecule has 0 aromatic heterocycles. The smallest absolute Gasteiger partial charge is 0.256 e. The molecule has 0 unspecified atom stereocenters. The lowest BCUT2D eigenvalue weighted by Gasteiger charge is -2.33. The fourth-order valence-corrected chi connectivity index (χ4v) is 5.19. The van der Waals surface area contributed by atoms with Crippen molar-refractivity contribution in [3.05, 3.63) is 72.3 Å². The van der Waals surface area contributed by atoms with Crippen LogP contribution in [-0.4, -0.2) is 56.3 Å². The molecule has 156 valence electrons. The Morgan fingerprint density at radius 3 is 2.27 bits per heavy atom. The predicted octanol–water partition coefficient (Wildman–Crippen LogP) is 3.42. The van der Waals surface area contributed by atoms with Crippen molar-refractivity contribution in [1.29, 1.82) is 0 Å². The summed E-state index contributed by atoms with van der Waals surface area (Å²) in [6.45, 7) is 5.49. The molecule has 4 rings (SSSR count). The van der Waals surface area contributed by atoms with E-state index in [9.17, 15) is 13.2 Å². The number of piperazine rings is 1. The van der Waals surface area contributed by atoms with Gasteiger partial charge in [-0.05, 0) is 47.6 Å². The van der Waals surface area contributed by atoms with E-state index in [0.717, 1.165) is 30.4 Å². The minimum atomic E-state index is -3.53. The summed E-state index contributed by atoms with van der Waals surface area (Å²) in [6.07, 6.45) is 0. The number of nitrogens with one attached hydrogen (secondary N) is 1. The van der Waals surface area contributed by atoms with E-state index < -0.39 is 10.0 Å². The van der Waals surface area contributed by atoms with E-state index in [4.69, 9.17) is 0 Å². The topological polar surface area (TPSA) is 69.7 Å². The first-order valence-corrected chi connectivity index (χ1v) is 11.5. The molecule has 0 atom stereocenters. The number of carbonyl (C=O) groups excluding carboxylic acids is 1. The lowest BCUT2D eigenvalue weighted by atomic mass is 10.0. The van der Waals surface area contributed by atoms with Crippen LogP contribution in [0.15, 0.2) is 71.6 Å². The number of likely N-dealkylation sites (N-methyl/N-ethyl adjacent to an activating group) is 1. The van der Waals surface area contributed by atoms with E-state index in [1.807, 2.05) is 36.4 Å². The number of rotatable bonds is 5. The highest BCUT2D eigenvalue weighted by Crippen LogP contribution is 2.22. The van der Waals surface area contributed by atoms with E-state index in [2.05, 4.69) is 17.1 Å². The van der Waals surface area contributed by atoms with Crippen molar-refractivity contribution in [2.75, 3.05) is 38.0 Å². The number of hydrogen-bond donors (Lipinski definition) is 1. The predicted molar refractivity (Wildman–Crippen MR) is 119 cm³/mol. The van der Waals surface area contributed by atoms with Crippen LogP contribution < -0.4 is 5.32 Å². The lowest BCUT2D eigenvalue weighted by Crippen LogP contribution is -2.48. The van der Waals surface area contributed by atoms with Gasteiger partial charge in [-0.25, -0.2) is 8.42 Å². The van der Waals surface area contributed by atoms with Crippen LogP contribution in [0.3, 0.4) is 0 Å². The maximum absolute atomic E-state index is 12.9. The number of nitrogens with zero attached hydrogens (tertiary/aromatic N) is 2. The molecular formula is C23H25N3O3S. The second kappa shape index (κ2) is 8.55. The highest BCUT2D eigenvalue weighted by Gasteiger charge is 2.27. The molecule has 0 aliphatic carbocycles. The molecule has 3 aromatic carbocycles. The third kappa shape index (κ3) is 4.09. The summed E-state index contributed by atoms with van der Waals surface area (Å²) in [5.41, 5.74) is 1.14. The van der Waals surface area contributed by atoms with Gasteiger partial charge in [-0.15, -0.1) is 0 Å². The molecule has 0 radical (unpaired) electrons. The zero-order valence-corrected chi connectivity index (χ0v) is 17.7. The monoisotopic (exact) mass is 423 g/mol. The first kappa shape index (κ1) is 20.5. The second-order valence-corrected chi connectivity index (χ2v) is 9.28. The number of anilines is 1. The molecule has 0 bridgehead atoms. The molecule has 0 spiro atoms. The van der Waals surface area contributed by atoms with Gasteiger partial charge in [0.25, 0.3) is 5.91 Å². The Hall–Kier alpha value is -2.74. The maximum atomic E-state index is 12.9. The van der Waals surface area contributed by atoms with Crippen molar-refractivity contribution < 1.29 is 13.2 Å². The van der Waals surface area contributed by atoms with Gasteiger partial charge in [0.15, 0.2) is 0 Å². The molecule has 1 aliphatic rings. The molecule has 1 aliphatic heterocycles. The van der Waals surface area contributed by atoms with Gasteiger partial charge in [-0.1, -0.05) is 43.3 Å². The van der Waals surface area contributed by atoms with Crippen LogP contribution in [0.5, 0.6) is 0 Å². The van der Waals surface area contributed by atoms with Gasteiger partial charge in [0.05, 0.1) is 4.90 Å². The summed E-state index contributed by atoms with van der Waals surface area (Å²) in [5.74, 6) is -0.224. The normalized spacial score (nSPS) is 15.9. The fraction of sp³-hybridized carbons (Fsp3) is 0.261. The summed E-state index contributed by atoms with van der Waals surface area (Å²) in [4.78, 5) is 15.3. The van der Waals surface area contributed by atoms with Gasteiger partial charge in [-0.3, -0.25) is 4.79 Å². The van der Waals surface area contributed by atoms with Gasteiger partial charge in [-0.2, -0.15) is 4.31 Å². The molecule has 6 nitrogen and oxygen atoms in total. The molecule has 1 N–H and O–H groups in total. The van der Waals surface area contributed by atoms with Gasteiger partial charge in [0.1, 0.15) is 0 Å². The number of fused-ring (bicyclic) bond motifs is 1. The van der Waals surface area contributed by atoms with E-state index in [1.54, 1.807) is 30.3 Å². The Labute approximate surface area is 177 Å². The maximum Gasteiger partial charge on any atom is 0.256 e. The average molecular weight is 424 g/mol. The third-order valence-electron chi connectivity index (χ3n) is 5.56. The zero-order valence-electron chi connectivity index (χ0n) is 16.9. The van der Waals surface area contributed by atoms with Crippen LogP contribution in [-0.2, 0) is 10.0 Å². The Morgan fingerprint density at radius 1 is 0.900 bits per heavy atom. The number of benzene rings is 3. The summed E-state index contributed by atoms with van der Waals surface area (Å²) in [6, 6.07) is 19.7. The van der Waals surface area contributed by atoms with Gasteiger partial charge in [0, 0.05) is 37.4 Å². The van der Waals surface area contributed by atoms with Crippen LogP contribution in [0.1, 0.15) is 17.3 Å². The van der Waals surface area contributed by atoms with Crippen LogP contribution in [0.4, 0.5) is 5.69 Å². The summed E-state index contributed by atoms with van der Waals surface area (Å²) in [7, 11) is -3.53. The highest BCUT2D eigenvalue weighted by atomic mass is 32.2. The summed E-state index contributed by atoms with van der Waals surface area (Å²) >= 11 is 0. The van der Waals surface area contributed by atoms with Gasteiger partial charge >= 0.3 is 0 Å². The minimum absolute atomic E-state index is 0.224. The Kier molecular flexibility index (Phi) is 5.85. The molecule has 7 heteroatoms. The van der Waals surface area contributed by atoms with Crippen molar-refractivity contribution >= 4 is 32.4 Å².